The van der Waals surface area contributed by atoms with Crippen molar-refractivity contribution < 1.29 is 37.2 Å². The number of hydrogen-bond acceptors (Lipinski definition) is 7. The highest BCUT2D eigenvalue weighted by atomic mass is 19.4. The summed E-state index contributed by atoms with van der Waals surface area (Å²) in [5.41, 5.74) is -1.22. The van der Waals surface area contributed by atoms with Crippen molar-refractivity contribution in [3.8, 4) is 5.75 Å². The summed E-state index contributed by atoms with van der Waals surface area (Å²) in [6.07, 6.45) is -4.81. The molecule has 0 spiro atoms. The minimum absolute atomic E-state index is 0.0476. The molecular formula is C20H20F3N3O6. The monoisotopic (exact) mass is 455 g/mol. The van der Waals surface area contributed by atoms with E-state index in [1.54, 1.807) is 12.1 Å². The second kappa shape index (κ2) is 10.5. The lowest BCUT2D eigenvalue weighted by Gasteiger charge is -2.11. The van der Waals surface area contributed by atoms with E-state index in [1.807, 2.05) is 0 Å². The Labute approximate surface area is 180 Å². The number of ether oxygens (including phenoxy) is 2. The van der Waals surface area contributed by atoms with Crippen LogP contribution < -0.4 is 15.4 Å². The van der Waals surface area contributed by atoms with Gasteiger partial charge in [-0.1, -0.05) is 6.07 Å². The highest BCUT2D eigenvalue weighted by Gasteiger charge is 2.33. The molecule has 0 aliphatic rings. The summed E-state index contributed by atoms with van der Waals surface area (Å²) in [5.74, 6) is -0.700. The standard InChI is InChI=1S/C20H20F3N3O6/c1-31-17-6-3-12(9-14(17)19(28)32-2)11-25-18(27)7-8-24-15-5-4-13(20(21,22)23)10-16(15)26(29)30/h3-6,9-10,24H,7-8,11H2,1-2H3,(H,25,27). The number of halogens is 3. The molecule has 9 nitrogen and oxygen atoms in total. The third-order valence-corrected chi connectivity index (χ3v) is 4.35. The Balaban J connectivity index is 1.94. The van der Waals surface area contributed by atoms with Crippen molar-refractivity contribution >= 4 is 23.3 Å². The molecule has 32 heavy (non-hydrogen) atoms. The molecule has 0 aliphatic heterocycles. The number of methoxy groups -OCH3 is 2. The summed E-state index contributed by atoms with van der Waals surface area (Å²) in [5, 5.41) is 16.3. The van der Waals surface area contributed by atoms with Gasteiger partial charge in [0.1, 0.15) is 17.0 Å². The molecule has 0 atom stereocenters. The van der Waals surface area contributed by atoms with Crippen molar-refractivity contribution in [1.82, 2.24) is 5.32 Å². The van der Waals surface area contributed by atoms with Crippen LogP contribution in [0.3, 0.4) is 0 Å². The summed E-state index contributed by atoms with van der Waals surface area (Å²) in [7, 11) is 2.63. The van der Waals surface area contributed by atoms with Crippen LogP contribution in [0.15, 0.2) is 36.4 Å². The van der Waals surface area contributed by atoms with Gasteiger partial charge in [-0.15, -0.1) is 0 Å². The number of benzene rings is 2. The Morgan fingerprint density at radius 1 is 1.12 bits per heavy atom. The van der Waals surface area contributed by atoms with E-state index >= 15 is 0 Å². The maximum absolute atomic E-state index is 12.7. The quantitative estimate of drug-likeness (QED) is 0.337. The first-order chi connectivity index (χ1) is 15.1. The first-order valence-corrected chi connectivity index (χ1v) is 9.18. The molecule has 172 valence electrons. The maximum Gasteiger partial charge on any atom is 0.416 e. The van der Waals surface area contributed by atoms with E-state index in [2.05, 4.69) is 15.4 Å². The van der Waals surface area contributed by atoms with Gasteiger partial charge in [0.15, 0.2) is 0 Å². The third kappa shape index (κ3) is 6.33. The SMILES string of the molecule is COC(=O)c1cc(CNC(=O)CCNc2ccc(C(F)(F)F)cc2[N+](=O)[O-])ccc1OC. The number of nitrogens with zero attached hydrogens (tertiary/aromatic N) is 1. The van der Waals surface area contributed by atoms with Gasteiger partial charge in [0.25, 0.3) is 5.69 Å². The largest absolute Gasteiger partial charge is 0.496 e. The number of amides is 1. The zero-order chi connectivity index (χ0) is 23.9. The van der Waals surface area contributed by atoms with Gasteiger partial charge < -0.3 is 20.1 Å². The fraction of sp³-hybridized carbons (Fsp3) is 0.300. The van der Waals surface area contributed by atoms with Gasteiger partial charge in [0.2, 0.25) is 5.91 Å². The van der Waals surface area contributed by atoms with Crippen molar-refractivity contribution in [1.29, 1.82) is 0 Å². The fourth-order valence-corrected chi connectivity index (χ4v) is 2.74. The van der Waals surface area contributed by atoms with Gasteiger partial charge in [-0.05, 0) is 29.8 Å². The zero-order valence-corrected chi connectivity index (χ0v) is 17.1. The van der Waals surface area contributed by atoms with Crippen LogP contribution in [0, 0.1) is 10.1 Å². The lowest BCUT2D eigenvalue weighted by molar-refractivity contribution is -0.384. The van der Waals surface area contributed by atoms with Crippen molar-refractivity contribution in [2.24, 2.45) is 0 Å². The van der Waals surface area contributed by atoms with E-state index in [4.69, 9.17) is 4.74 Å². The third-order valence-electron chi connectivity index (χ3n) is 4.35. The first-order valence-electron chi connectivity index (χ1n) is 9.18. The molecular weight excluding hydrogens is 435 g/mol. The number of esters is 1. The molecule has 0 fully saturated rings. The Morgan fingerprint density at radius 2 is 1.84 bits per heavy atom. The van der Waals surface area contributed by atoms with Gasteiger partial charge >= 0.3 is 12.1 Å². The van der Waals surface area contributed by atoms with Crippen LogP contribution in [-0.4, -0.2) is 37.6 Å². The van der Waals surface area contributed by atoms with E-state index in [-0.39, 0.29) is 30.8 Å². The predicted octanol–water partition coefficient (Wildman–Crippen LogP) is 3.53. The van der Waals surface area contributed by atoms with Crippen LogP contribution in [0.5, 0.6) is 5.75 Å². The van der Waals surface area contributed by atoms with E-state index in [0.717, 1.165) is 12.1 Å². The summed E-state index contributed by atoms with van der Waals surface area (Å²) < 4.78 is 48.0. The highest BCUT2D eigenvalue weighted by Crippen LogP contribution is 2.34. The van der Waals surface area contributed by atoms with Gasteiger partial charge in [-0.25, -0.2) is 4.79 Å². The fourth-order valence-electron chi connectivity index (χ4n) is 2.74. The van der Waals surface area contributed by atoms with E-state index in [0.29, 0.717) is 17.4 Å². The Hall–Kier alpha value is -3.83. The zero-order valence-electron chi connectivity index (χ0n) is 17.1. The van der Waals surface area contributed by atoms with E-state index < -0.39 is 34.2 Å². The van der Waals surface area contributed by atoms with Crippen LogP contribution in [0.25, 0.3) is 0 Å². The van der Waals surface area contributed by atoms with Crippen LogP contribution in [0.4, 0.5) is 24.5 Å². The number of hydrogen-bond donors (Lipinski definition) is 2. The van der Waals surface area contributed by atoms with E-state index in [1.165, 1.54) is 20.3 Å². The molecule has 2 aromatic rings. The summed E-state index contributed by atoms with van der Waals surface area (Å²) in [4.78, 5) is 34.0. The molecule has 0 unspecified atom stereocenters. The minimum atomic E-state index is -4.71. The molecule has 1 amide bonds. The van der Waals surface area contributed by atoms with Crippen molar-refractivity contribution in [2.45, 2.75) is 19.1 Å². The van der Waals surface area contributed by atoms with Gasteiger partial charge in [0, 0.05) is 25.6 Å². The number of alkyl halides is 3. The average molecular weight is 455 g/mol. The maximum atomic E-state index is 12.7. The molecule has 0 aromatic heterocycles. The lowest BCUT2D eigenvalue weighted by Crippen LogP contribution is -2.25. The molecule has 0 bridgehead atoms. The van der Waals surface area contributed by atoms with Crippen LogP contribution in [0.2, 0.25) is 0 Å². The molecule has 2 aromatic carbocycles. The smallest absolute Gasteiger partial charge is 0.416 e. The lowest BCUT2D eigenvalue weighted by atomic mass is 10.1. The number of anilines is 1. The molecule has 0 heterocycles. The number of nitrogens with one attached hydrogen (secondary N) is 2. The van der Waals surface area contributed by atoms with Gasteiger partial charge in [-0.2, -0.15) is 13.2 Å². The predicted molar refractivity (Wildman–Crippen MR) is 107 cm³/mol. The van der Waals surface area contributed by atoms with Gasteiger partial charge in [0.05, 0.1) is 24.7 Å². The number of nitro benzene ring substituents is 1. The Bertz CT molecular complexity index is 1010. The summed E-state index contributed by atoms with van der Waals surface area (Å²) in [6, 6.07) is 6.82. The normalized spacial score (nSPS) is 10.9. The number of rotatable bonds is 9. The van der Waals surface area contributed by atoms with Crippen LogP contribution in [0.1, 0.15) is 27.9 Å². The molecule has 2 rings (SSSR count). The van der Waals surface area contributed by atoms with Crippen molar-refractivity contribution in [3.63, 3.8) is 0 Å². The average Bonchev–Trinajstić information content (AvgIpc) is 2.76. The Kier molecular flexibility index (Phi) is 7.99. The number of nitro groups is 1. The molecule has 0 saturated carbocycles. The second-order valence-electron chi connectivity index (χ2n) is 6.47. The van der Waals surface area contributed by atoms with Crippen LogP contribution in [-0.2, 0) is 22.3 Å². The number of carbonyl (C=O) groups excluding carboxylic acids is 2. The van der Waals surface area contributed by atoms with Crippen molar-refractivity contribution in [3.05, 3.63) is 63.2 Å². The topological polar surface area (TPSA) is 120 Å². The first kappa shape index (κ1) is 24.4. The summed E-state index contributed by atoms with van der Waals surface area (Å²) >= 11 is 0. The molecule has 2 N–H and O–H groups in total. The van der Waals surface area contributed by atoms with Crippen molar-refractivity contribution in [2.75, 3.05) is 26.1 Å². The minimum Gasteiger partial charge on any atom is -0.496 e. The molecule has 12 heteroatoms. The molecule has 0 radical (unpaired) electrons. The van der Waals surface area contributed by atoms with Crippen LogP contribution >= 0.6 is 0 Å². The van der Waals surface area contributed by atoms with E-state index in [9.17, 15) is 32.9 Å². The molecule has 0 aliphatic carbocycles. The second-order valence-corrected chi connectivity index (χ2v) is 6.47. The molecule has 0 saturated heterocycles. The Morgan fingerprint density at radius 3 is 2.44 bits per heavy atom. The highest BCUT2D eigenvalue weighted by molar-refractivity contribution is 5.92. The number of carbonyl (C=O) groups is 2. The summed E-state index contributed by atoms with van der Waals surface area (Å²) in [6.45, 7) is 0.0430. The van der Waals surface area contributed by atoms with Gasteiger partial charge in [-0.3, -0.25) is 14.9 Å².